The average Bonchev–Trinajstić information content (AvgIpc) is 2.13. The first-order chi connectivity index (χ1) is 6.84. The molecule has 6 heteroatoms. The molecule has 0 radical (unpaired) electrons. The van der Waals surface area contributed by atoms with E-state index < -0.39 is 12.1 Å². The predicted molar refractivity (Wildman–Crippen MR) is 50.8 cm³/mol. The maximum Gasteiger partial charge on any atom is 0.332 e. The number of benzene rings is 1. The Bertz CT molecular complexity index is 333. The van der Waals surface area contributed by atoms with Gasteiger partial charge >= 0.3 is 5.97 Å². The highest BCUT2D eigenvalue weighted by molar-refractivity contribution is 5.71. The molecular weight excluding hydrogens is 204 g/mol. The first-order valence-electron chi connectivity index (χ1n) is 3.96. The van der Waals surface area contributed by atoms with Crippen molar-refractivity contribution < 1.29 is 30.3 Å². The van der Waals surface area contributed by atoms with E-state index in [1.165, 1.54) is 19.1 Å². The number of aliphatic carboxylic acids is 1. The summed E-state index contributed by atoms with van der Waals surface area (Å²) in [6.07, 6.45) is -1.23. The number of aromatic hydroxyl groups is 3. The van der Waals surface area contributed by atoms with E-state index in [0.717, 1.165) is 6.07 Å². The van der Waals surface area contributed by atoms with Gasteiger partial charge in [-0.05, 0) is 19.1 Å². The molecule has 6 nitrogen and oxygen atoms in total. The normalized spacial score (nSPS) is 11.1. The predicted octanol–water partition coefficient (Wildman–Crippen LogP) is 0.255. The molecule has 1 rings (SSSR count). The molecule has 0 saturated carbocycles. The Balaban J connectivity index is 0.000000288. The van der Waals surface area contributed by atoms with Crippen LogP contribution in [-0.2, 0) is 4.79 Å². The molecule has 0 heterocycles. The van der Waals surface area contributed by atoms with Crippen LogP contribution in [0.1, 0.15) is 6.92 Å². The van der Waals surface area contributed by atoms with Gasteiger partial charge in [0.1, 0.15) is 11.9 Å². The van der Waals surface area contributed by atoms with E-state index in [9.17, 15) is 4.79 Å². The van der Waals surface area contributed by atoms with Crippen molar-refractivity contribution in [1.82, 2.24) is 0 Å². The van der Waals surface area contributed by atoms with Crippen molar-refractivity contribution in [2.45, 2.75) is 13.0 Å². The van der Waals surface area contributed by atoms with E-state index in [1.807, 2.05) is 0 Å². The van der Waals surface area contributed by atoms with Gasteiger partial charge in [0.2, 0.25) is 0 Å². The Hall–Kier alpha value is -1.95. The average molecular weight is 216 g/mol. The molecule has 15 heavy (non-hydrogen) atoms. The van der Waals surface area contributed by atoms with Gasteiger partial charge in [-0.2, -0.15) is 0 Å². The van der Waals surface area contributed by atoms with E-state index in [2.05, 4.69) is 0 Å². The van der Waals surface area contributed by atoms with Gasteiger partial charge in [0.15, 0.2) is 11.5 Å². The van der Waals surface area contributed by atoms with Crippen molar-refractivity contribution in [3.63, 3.8) is 0 Å². The van der Waals surface area contributed by atoms with E-state index in [4.69, 9.17) is 25.5 Å². The van der Waals surface area contributed by atoms with Crippen molar-refractivity contribution in [2.24, 2.45) is 0 Å². The summed E-state index contributed by atoms with van der Waals surface area (Å²) in [7, 11) is 0. The zero-order valence-electron chi connectivity index (χ0n) is 7.95. The number of carbonyl (C=O) groups is 1. The first kappa shape index (κ1) is 13.1. The Labute approximate surface area is 85.7 Å². The molecule has 0 fully saturated rings. The zero-order chi connectivity index (χ0) is 12.0. The van der Waals surface area contributed by atoms with Gasteiger partial charge in [0.05, 0.1) is 0 Å². The molecular formula is C9H12O6. The van der Waals surface area contributed by atoms with Crippen molar-refractivity contribution in [3.05, 3.63) is 18.2 Å². The van der Waals surface area contributed by atoms with Gasteiger partial charge in [0, 0.05) is 6.07 Å². The smallest absolute Gasteiger partial charge is 0.332 e. The fraction of sp³-hybridized carbons (Fsp3) is 0.222. The van der Waals surface area contributed by atoms with E-state index in [1.54, 1.807) is 0 Å². The maximum absolute atomic E-state index is 9.45. The fourth-order valence-electron chi connectivity index (χ4n) is 0.512. The molecule has 0 bridgehead atoms. The summed E-state index contributed by atoms with van der Waals surface area (Å²) in [6, 6.07) is 3.56. The lowest BCUT2D eigenvalue weighted by molar-refractivity contribution is -0.145. The molecule has 1 unspecified atom stereocenters. The molecule has 0 spiro atoms. The number of carboxylic acids is 1. The molecule has 0 aliphatic carbocycles. The zero-order valence-corrected chi connectivity index (χ0v) is 7.95. The summed E-state index contributed by atoms with van der Waals surface area (Å²) in [4.78, 5) is 9.45. The van der Waals surface area contributed by atoms with Gasteiger partial charge in [-0.3, -0.25) is 0 Å². The lowest BCUT2D eigenvalue weighted by atomic mass is 10.3. The molecule has 5 N–H and O–H groups in total. The standard InChI is InChI=1S/C6H6O3.C3H6O3/c7-4-1-2-5(8)6(9)3-4;1-2(4)3(5)6/h1-3,7-9H;2,4H,1H3,(H,5,6). The van der Waals surface area contributed by atoms with Crippen LogP contribution in [0.3, 0.4) is 0 Å². The number of rotatable bonds is 1. The molecule has 84 valence electrons. The van der Waals surface area contributed by atoms with Crippen LogP contribution in [0.5, 0.6) is 17.2 Å². The van der Waals surface area contributed by atoms with Gasteiger partial charge in [-0.15, -0.1) is 0 Å². The van der Waals surface area contributed by atoms with Crippen LogP contribution in [0.25, 0.3) is 0 Å². The molecule has 0 aliphatic rings. The first-order valence-corrected chi connectivity index (χ1v) is 3.96. The quantitative estimate of drug-likeness (QED) is 0.339. The fourth-order valence-corrected chi connectivity index (χ4v) is 0.512. The van der Waals surface area contributed by atoms with Crippen LogP contribution >= 0.6 is 0 Å². The number of aliphatic hydroxyl groups is 1. The molecule has 1 aromatic carbocycles. The van der Waals surface area contributed by atoms with Crippen molar-refractivity contribution in [3.8, 4) is 17.2 Å². The van der Waals surface area contributed by atoms with Gasteiger partial charge in [-0.1, -0.05) is 0 Å². The second-order valence-corrected chi connectivity index (χ2v) is 2.69. The number of carboxylic acid groups (broad SMARTS) is 1. The highest BCUT2D eigenvalue weighted by atomic mass is 16.4. The second-order valence-electron chi connectivity index (χ2n) is 2.69. The Morgan fingerprint density at radius 1 is 1.20 bits per heavy atom. The number of hydrogen-bond acceptors (Lipinski definition) is 5. The summed E-state index contributed by atoms with van der Waals surface area (Å²) in [5.74, 6) is -1.79. The summed E-state index contributed by atoms with van der Waals surface area (Å²) in [5, 5.41) is 41.8. The molecule has 1 atom stereocenters. The second kappa shape index (κ2) is 5.71. The molecule has 0 aliphatic heterocycles. The minimum atomic E-state index is -1.23. The molecule has 0 aromatic heterocycles. The van der Waals surface area contributed by atoms with E-state index >= 15 is 0 Å². The Morgan fingerprint density at radius 3 is 1.93 bits per heavy atom. The minimum Gasteiger partial charge on any atom is -0.508 e. The topological polar surface area (TPSA) is 118 Å². The van der Waals surface area contributed by atoms with E-state index in [-0.39, 0.29) is 17.2 Å². The van der Waals surface area contributed by atoms with Crippen LogP contribution in [0.4, 0.5) is 0 Å². The van der Waals surface area contributed by atoms with Crippen LogP contribution in [0.2, 0.25) is 0 Å². The highest BCUT2D eigenvalue weighted by Crippen LogP contribution is 2.27. The summed E-state index contributed by atoms with van der Waals surface area (Å²) in [5.41, 5.74) is 0. The monoisotopic (exact) mass is 216 g/mol. The third kappa shape index (κ3) is 5.37. The largest absolute Gasteiger partial charge is 0.508 e. The van der Waals surface area contributed by atoms with Crippen LogP contribution in [0, 0.1) is 0 Å². The molecule has 1 aromatic rings. The third-order valence-corrected chi connectivity index (χ3v) is 1.32. The number of phenolic OH excluding ortho intramolecular Hbond substituents is 3. The highest BCUT2D eigenvalue weighted by Gasteiger charge is 2.01. The third-order valence-electron chi connectivity index (χ3n) is 1.32. The van der Waals surface area contributed by atoms with Crippen LogP contribution in [0.15, 0.2) is 18.2 Å². The SMILES string of the molecule is CC(O)C(=O)O.Oc1ccc(O)c(O)c1. The maximum atomic E-state index is 9.45. The van der Waals surface area contributed by atoms with Gasteiger partial charge in [0.25, 0.3) is 0 Å². The molecule has 0 saturated heterocycles. The van der Waals surface area contributed by atoms with Crippen molar-refractivity contribution in [2.75, 3.05) is 0 Å². The van der Waals surface area contributed by atoms with Crippen molar-refractivity contribution in [1.29, 1.82) is 0 Å². The Kier molecular flexibility index (Phi) is 4.97. The Morgan fingerprint density at radius 2 is 1.67 bits per heavy atom. The number of aliphatic hydroxyl groups excluding tert-OH is 1. The van der Waals surface area contributed by atoms with Crippen LogP contribution in [-0.4, -0.2) is 37.6 Å². The van der Waals surface area contributed by atoms with Gasteiger partial charge in [-0.25, -0.2) is 4.79 Å². The van der Waals surface area contributed by atoms with Gasteiger partial charge < -0.3 is 25.5 Å². The minimum absolute atomic E-state index is 0.0645. The number of phenols is 3. The van der Waals surface area contributed by atoms with Crippen molar-refractivity contribution >= 4 is 5.97 Å². The number of hydrogen-bond donors (Lipinski definition) is 5. The van der Waals surface area contributed by atoms with E-state index in [0.29, 0.717) is 0 Å². The molecule has 0 amide bonds. The lowest BCUT2D eigenvalue weighted by Gasteiger charge is -1.95. The lowest BCUT2D eigenvalue weighted by Crippen LogP contribution is -2.13. The summed E-state index contributed by atoms with van der Waals surface area (Å²) >= 11 is 0. The summed E-state index contributed by atoms with van der Waals surface area (Å²) in [6.45, 7) is 1.20. The van der Waals surface area contributed by atoms with Crippen LogP contribution < -0.4 is 0 Å². The summed E-state index contributed by atoms with van der Waals surface area (Å²) < 4.78 is 0.